The predicted octanol–water partition coefficient (Wildman–Crippen LogP) is 0.646. The number of methoxy groups -OCH3 is 2. The number of ether oxygens (including phenoxy) is 2. The van der Waals surface area contributed by atoms with Gasteiger partial charge in [-0.05, 0) is 12.1 Å². The fraction of sp³-hybridized carbons (Fsp3) is 0.222. The second kappa shape index (κ2) is 3.87. The first kappa shape index (κ1) is 10.2. The third-order valence-electron chi connectivity index (χ3n) is 1.84. The van der Waals surface area contributed by atoms with Gasteiger partial charge in [0.1, 0.15) is 5.56 Å². The molecular formula is C9H12N2O3. The van der Waals surface area contributed by atoms with E-state index in [0.29, 0.717) is 5.69 Å². The number of hydrogen-bond donors (Lipinski definition) is 2. The summed E-state index contributed by atoms with van der Waals surface area (Å²) in [4.78, 5) is 11.3. The average Bonchev–Trinajstić information content (AvgIpc) is 2.20. The van der Waals surface area contributed by atoms with Gasteiger partial charge in [-0.25, -0.2) is 4.79 Å². The van der Waals surface area contributed by atoms with Crippen molar-refractivity contribution >= 4 is 17.3 Å². The van der Waals surface area contributed by atoms with Crippen LogP contribution in [-0.2, 0) is 4.74 Å². The number of anilines is 2. The standard InChI is InChI=1S/C9H12N2O3/c1-13-8-5(9(12)14-2)3-4-6(10)7(8)11/h3-4H,10-11H2,1-2H3. The first-order valence-corrected chi connectivity index (χ1v) is 3.92. The predicted molar refractivity (Wildman–Crippen MR) is 53.2 cm³/mol. The van der Waals surface area contributed by atoms with E-state index >= 15 is 0 Å². The molecule has 0 radical (unpaired) electrons. The SMILES string of the molecule is COC(=O)c1ccc(N)c(N)c1OC. The van der Waals surface area contributed by atoms with Crippen LogP contribution in [0.1, 0.15) is 10.4 Å². The van der Waals surface area contributed by atoms with Crippen molar-refractivity contribution in [1.82, 2.24) is 0 Å². The molecule has 1 aromatic rings. The molecule has 0 aromatic heterocycles. The van der Waals surface area contributed by atoms with Gasteiger partial charge >= 0.3 is 5.97 Å². The van der Waals surface area contributed by atoms with E-state index in [9.17, 15) is 4.79 Å². The van der Waals surface area contributed by atoms with Crippen molar-refractivity contribution in [2.75, 3.05) is 25.7 Å². The van der Waals surface area contributed by atoms with Crippen LogP contribution in [0.2, 0.25) is 0 Å². The Morgan fingerprint density at radius 1 is 1.29 bits per heavy atom. The summed E-state index contributed by atoms with van der Waals surface area (Å²) in [6.07, 6.45) is 0. The van der Waals surface area contributed by atoms with Crippen LogP contribution in [0.4, 0.5) is 11.4 Å². The Bertz CT molecular complexity index is 363. The van der Waals surface area contributed by atoms with Crippen LogP contribution in [0.15, 0.2) is 12.1 Å². The summed E-state index contributed by atoms with van der Waals surface area (Å²) in [6, 6.07) is 3.04. The van der Waals surface area contributed by atoms with Crippen LogP contribution in [-0.4, -0.2) is 20.2 Å². The maximum atomic E-state index is 11.3. The van der Waals surface area contributed by atoms with E-state index in [1.807, 2.05) is 0 Å². The summed E-state index contributed by atoms with van der Waals surface area (Å²) < 4.78 is 9.53. The highest BCUT2D eigenvalue weighted by atomic mass is 16.5. The third-order valence-corrected chi connectivity index (χ3v) is 1.84. The fourth-order valence-electron chi connectivity index (χ4n) is 1.11. The van der Waals surface area contributed by atoms with Gasteiger partial charge < -0.3 is 20.9 Å². The molecule has 0 atom stereocenters. The summed E-state index contributed by atoms with van der Waals surface area (Å²) in [5, 5.41) is 0. The zero-order chi connectivity index (χ0) is 10.7. The topological polar surface area (TPSA) is 87.6 Å². The molecule has 0 heterocycles. The number of carbonyl (C=O) groups excluding carboxylic acids is 1. The Morgan fingerprint density at radius 2 is 1.93 bits per heavy atom. The molecule has 0 aliphatic heterocycles. The molecule has 0 saturated carbocycles. The second-order valence-corrected chi connectivity index (χ2v) is 2.64. The number of esters is 1. The first-order chi connectivity index (χ1) is 6.61. The smallest absolute Gasteiger partial charge is 0.341 e. The molecule has 5 nitrogen and oxygen atoms in total. The number of benzene rings is 1. The van der Waals surface area contributed by atoms with Gasteiger partial charge in [0.25, 0.3) is 0 Å². The molecule has 0 fully saturated rings. The summed E-state index contributed by atoms with van der Waals surface area (Å²) in [5.41, 5.74) is 12.1. The van der Waals surface area contributed by atoms with Crippen LogP contribution >= 0.6 is 0 Å². The third kappa shape index (κ3) is 1.56. The van der Waals surface area contributed by atoms with E-state index in [1.165, 1.54) is 26.4 Å². The molecule has 0 amide bonds. The first-order valence-electron chi connectivity index (χ1n) is 3.92. The van der Waals surface area contributed by atoms with Crippen molar-refractivity contribution in [2.24, 2.45) is 0 Å². The van der Waals surface area contributed by atoms with Gasteiger partial charge in [-0.2, -0.15) is 0 Å². The average molecular weight is 196 g/mol. The Morgan fingerprint density at radius 3 is 2.43 bits per heavy atom. The minimum atomic E-state index is -0.506. The molecule has 1 aromatic carbocycles. The van der Waals surface area contributed by atoms with Gasteiger partial charge in [-0.3, -0.25) is 0 Å². The van der Waals surface area contributed by atoms with Crippen molar-refractivity contribution < 1.29 is 14.3 Å². The highest BCUT2D eigenvalue weighted by Crippen LogP contribution is 2.31. The number of rotatable bonds is 2. The Hall–Kier alpha value is -1.91. The van der Waals surface area contributed by atoms with E-state index in [-0.39, 0.29) is 17.0 Å². The van der Waals surface area contributed by atoms with Crippen molar-refractivity contribution in [3.8, 4) is 5.75 Å². The highest BCUT2D eigenvalue weighted by molar-refractivity contribution is 5.96. The van der Waals surface area contributed by atoms with Crippen molar-refractivity contribution in [3.05, 3.63) is 17.7 Å². The van der Waals surface area contributed by atoms with Crippen molar-refractivity contribution in [3.63, 3.8) is 0 Å². The minimum absolute atomic E-state index is 0.246. The quantitative estimate of drug-likeness (QED) is 0.535. The monoisotopic (exact) mass is 196 g/mol. The van der Waals surface area contributed by atoms with Crippen LogP contribution < -0.4 is 16.2 Å². The maximum Gasteiger partial charge on any atom is 0.341 e. The Labute approximate surface area is 81.6 Å². The van der Waals surface area contributed by atoms with Gasteiger partial charge in [-0.15, -0.1) is 0 Å². The van der Waals surface area contributed by atoms with E-state index < -0.39 is 5.97 Å². The number of hydrogen-bond acceptors (Lipinski definition) is 5. The minimum Gasteiger partial charge on any atom is -0.494 e. The van der Waals surface area contributed by atoms with Gasteiger partial charge in [0.15, 0.2) is 5.75 Å². The summed E-state index contributed by atoms with van der Waals surface area (Å²) in [7, 11) is 2.70. The lowest BCUT2D eigenvalue weighted by atomic mass is 10.1. The fourth-order valence-corrected chi connectivity index (χ4v) is 1.11. The van der Waals surface area contributed by atoms with Gasteiger partial charge in [-0.1, -0.05) is 0 Å². The lowest BCUT2D eigenvalue weighted by Crippen LogP contribution is -2.07. The van der Waals surface area contributed by atoms with Gasteiger partial charge in [0.2, 0.25) is 0 Å². The van der Waals surface area contributed by atoms with Crippen LogP contribution in [0, 0.1) is 0 Å². The zero-order valence-electron chi connectivity index (χ0n) is 8.03. The second-order valence-electron chi connectivity index (χ2n) is 2.64. The molecular weight excluding hydrogens is 184 g/mol. The normalized spacial score (nSPS) is 9.57. The zero-order valence-corrected chi connectivity index (χ0v) is 8.03. The van der Waals surface area contributed by atoms with Crippen LogP contribution in [0.3, 0.4) is 0 Å². The van der Waals surface area contributed by atoms with E-state index in [4.69, 9.17) is 16.2 Å². The molecule has 4 N–H and O–H groups in total. The molecule has 0 bridgehead atoms. The summed E-state index contributed by atoms with van der Waals surface area (Å²) in [5.74, 6) is -0.259. The Kier molecular flexibility index (Phi) is 2.81. The highest BCUT2D eigenvalue weighted by Gasteiger charge is 2.16. The van der Waals surface area contributed by atoms with E-state index in [2.05, 4.69) is 4.74 Å². The molecule has 1 rings (SSSR count). The largest absolute Gasteiger partial charge is 0.494 e. The van der Waals surface area contributed by atoms with Crippen molar-refractivity contribution in [2.45, 2.75) is 0 Å². The maximum absolute atomic E-state index is 11.3. The van der Waals surface area contributed by atoms with E-state index in [1.54, 1.807) is 0 Å². The van der Waals surface area contributed by atoms with Crippen LogP contribution in [0.5, 0.6) is 5.75 Å². The molecule has 14 heavy (non-hydrogen) atoms. The number of nitrogens with two attached hydrogens (primary N) is 2. The van der Waals surface area contributed by atoms with Gasteiger partial charge in [0, 0.05) is 0 Å². The lowest BCUT2D eigenvalue weighted by Gasteiger charge is -2.10. The molecule has 0 spiro atoms. The number of carbonyl (C=O) groups is 1. The molecule has 0 aliphatic rings. The van der Waals surface area contributed by atoms with Crippen molar-refractivity contribution in [1.29, 1.82) is 0 Å². The molecule has 0 aliphatic carbocycles. The summed E-state index contributed by atoms with van der Waals surface area (Å²) >= 11 is 0. The molecule has 5 heteroatoms. The number of nitrogen functional groups attached to an aromatic ring is 2. The summed E-state index contributed by atoms with van der Waals surface area (Å²) in [6.45, 7) is 0. The molecule has 0 unspecified atom stereocenters. The molecule has 0 saturated heterocycles. The van der Waals surface area contributed by atoms with Gasteiger partial charge in [0.05, 0.1) is 25.6 Å². The van der Waals surface area contributed by atoms with Crippen LogP contribution in [0.25, 0.3) is 0 Å². The molecule has 76 valence electrons. The lowest BCUT2D eigenvalue weighted by molar-refractivity contribution is 0.0597. The van der Waals surface area contributed by atoms with E-state index in [0.717, 1.165) is 0 Å². The Balaban J connectivity index is 3.31.